The molecule has 1 atom stereocenters. The van der Waals surface area contributed by atoms with Gasteiger partial charge in [-0.2, -0.15) is 5.10 Å². The summed E-state index contributed by atoms with van der Waals surface area (Å²) in [5.74, 6) is -1.20. The van der Waals surface area contributed by atoms with Crippen molar-refractivity contribution in [2.75, 3.05) is 31.7 Å². The third-order valence-corrected chi connectivity index (χ3v) is 8.48. The van der Waals surface area contributed by atoms with E-state index in [1.54, 1.807) is 20.0 Å². The van der Waals surface area contributed by atoms with Gasteiger partial charge in [-0.05, 0) is 64.8 Å². The van der Waals surface area contributed by atoms with Crippen LogP contribution in [-0.4, -0.2) is 69.0 Å². The Labute approximate surface area is 312 Å². The van der Waals surface area contributed by atoms with Gasteiger partial charge in [-0.1, -0.05) is 24.6 Å². The molecular weight excluding hydrogens is 698 g/mol. The number of anilines is 2. The summed E-state index contributed by atoms with van der Waals surface area (Å²) in [7, 11) is 0. The first-order valence-corrected chi connectivity index (χ1v) is 18.0. The van der Waals surface area contributed by atoms with Crippen LogP contribution in [0, 0.1) is 25.5 Å². The molecule has 0 aliphatic rings. The Hall–Kier alpha value is -5.70. The van der Waals surface area contributed by atoms with E-state index in [9.17, 15) is 9.59 Å². The van der Waals surface area contributed by atoms with Crippen molar-refractivity contribution in [1.29, 1.82) is 0 Å². The monoisotopic (exact) mass is 744 g/mol. The number of hydrogen-bond donors (Lipinski definition) is 3. The smallest absolute Gasteiger partial charge is 0.328 e. The fourth-order valence-corrected chi connectivity index (χ4v) is 5.63. The topological polar surface area (TPSA) is 168 Å². The second-order valence-electron chi connectivity index (χ2n) is 12.8. The number of pyridine rings is 1. The summed E-state index contributed by atoms with van der Waals surface area (Å²) in [5, 5.41) is 11.4. The minimum atomic E-state index is -0.782. The molecule has 3 aromatic heterocycles. The van der Waals surface area contributed by atoms with Gasteiger partial charge in [0.1, 0.15) is 29.1 Å². The van der Waals surface area contributed by atoms with E-state index >= 15 is 8.78 Å². The van der Waals surface area contributed by atoms with Crippen LogP contribution in [-0.2, 0) is 20.9 Å². The molecule has 13 nitrogen and oxygen atoms in total. The fraction of sp³-hybridized carbons (Fsp3) is 0.385. The van der Waals surface area contributed by atoms with Crippen molar-refractivity contribution in [2.45, 2.75) is 72.4 Å². The summed E-state index contributed by atoms with van der Waals surface area (Å²) < 4.78 is 48.4. The molecule has 0 saturated carbocycles. The molecule has 0 aliphatic heterocycles. The Kier molecular flexibility index (Phi) is 13.8. The highest BCUT2D eigenvalue weighted by atomic mass is 19.1. The Morgan fingerprint density at radius 3 is 2.50 bits per heavy atom. The number of nitrogens with two attached hydrogens (primary N) is 1. The van der Waals surface area contributed by atoms with Crippen LogP contribution < -0.4 is 25.8 Å². The molecule has 3 heterocycles. The SMILES string of the molecule is CCOc1cc(F)c(Cn2nc(-c3ncc(OCCCOC(=O)C(C)NC(=O)CCCCCN)c(Nc4cc(C)ncc4C)n3)c3ccccc32)c(F)c1. The Bertz CT molecular complexity index is 2050. The maximum Gasteiger partial charge on any atom is 0.328 e. The van der Waals surface area contributed by atoms with Crippen LogP contribution in [0.2, 0.25) is 0 Å². The summed E-state index contributed by atoms with van der Waals surface area (Å²) in [5.41, 5.74) is 8.77. The number of carbonyl (C=O) groups is 2. The van der Waals surface area contributed by atoms with E-state index in [0.717, 1.165) is 41.9 Å². The second-order valence-corrected chi connectivity index (χ2v) is 12.8. The molecule has 286 valence electrons. The van der Waals surface area contributed by atoms with Crippen LogP contribution in [0.15, 0.2) is 54.9 Å². The Morgan fingerprint density at radius 1 is 0.963 bits per heavy atom. The van der Waals surface area contributed by atoms with Gasteiger partial charge in [-0.3, -0.25) is 14.5 Å². The number of halogens is 2. The lowest BCUT2D eigenvalue weighted by Crippen LogP contribution is -2.39. The van der Waals surface area contributed by atoms with Crippen molar-refractivity contribution in [3.8, 4) is 23.0 Å². The van der Waals surface area contributed by atoms with Crippen LogP contribution in [0.5, 0.6) is 11.5 Å². The summed E-state index contributed by atoms with van der Waals surface area (Å²) in [6.45, 7) is 8.01. The van der Waals surface area contributed by atoms with Gasteiger partial charge in [0.05, 0.1) is 38.1 Å². The number of ether oxygens (including phenoxy) is 3. The molecule has 15 heteroatoms. The molecule has 0 radical (unpaired) electrons. The quantitative estimate of drug-likeness (QED) is 0.0640. The number of rotatable bonds is 19. The molecule has 2 aromatic carbocycles. The average molecular weight is 745 g/mol. The van der Waals surface area contributed by atoms with E-state index in [1.807, 2.05) is 44.2 Å². The van der Waals surface area contributed by atoms with Crippen LogP contribution in [0.25, 0.3) is 22.4 Å². The summed E-state index contributed by atoms with van der Waals surface area (Å²) in [6.07, 6.45) is 6.35. The molecule has 0 saturated heterocycles. The highest BCUT2D eigenvalue weighted by Gasteiger charge is 2.21. The first-order valence-electron chi connectivity index (χ1n) is 18.0. The summed E-state index contributed by atoms with van der Waals surface area (Å²) >= 11 is 0. The van der Waals surface area contributed by atoms with Crippen molar-refractivity contribution in [1.82, 2.24) is 30.0 Å². The first kappa shape index (κ1) is 39.5. The van der Waals surface area contributed by atoms with E-state index in [0.29, 0.717) is 54.0 Å². The standard InChI is InChI=1S/C39H46F2N8O5/c1-5-52-27-19-30(40)29(31(41)20-27)23-49-33-13-9-8-12-28(33)36(48-49)38-44-22-34(37(47-38)46-32-18-25(3)43-21-24(32)2)53-16-11-17-54-39(51)26(4)45-35(50)14-7-6-10-15-42/h8-9,12-13,18-22,26H,5-7,10-11,14-17,23,42H2,1-4H3,(H,45,50)(H,43,44,46,47). The van der Waals surface area contributed by atoms with Crippen molar-refractivity contribution < 1.29 is 32.6 Å². The van der Waals surface area contributed by atoms with Crippen LogP contribution >= 0.6 is 0 Å². The number of amides is 1. The number of unbranched alkanes of at least 4 members (excludes halogenated alkanes) is 2. The molecule has 0 spiro atoms. The molecular formula is C39H46F2N8O5. The number of benzene rings is 2. The van der Waals surface area contributed by atoms with Gasteiger partial charge in [0.2, 0.25) is 5.91 Å². The zero-order valence-electron chi connectivity index (χ0n) is 31.0. The van der Waals surface area contributed by atoms with Gasteiger partial charge in [-0.15, -0.1) is 0 Å². The minimum absolute atomic E-state index is 0.0683. The molecule has 1 amide bonds. The zero-order chi connectivity index (χ0) is 38.6. The van der Waals surface area contributed by atoms with Crippen molar-refractivity contribution in [2.24, 2.45) is 5.73 Å². The molecule has 5 aromatic rings. The lowest BCUT2D eigenvalue weighted by molar-refractivity contribution is -0.147. The number of nitrogens with zero attached hydrogens (tertiary/aromatic N) is 5. The van der Waals surface area contributed by atoms with Crippen molar-refractivity contribution in [3.63, 3.8) is 0 Å². The number of hydrogen-bond acceptors (Lipinski definition) is 11. The maximum absolute atomic E-state index is 15.1. The third-order valence-electron chi connectivity index (χ3n) is 8.48. The summed E-state index contributed by atoms with van der Waals surface area (Å²) in [6, 6.07) is 10.7. The van der Waals surface area contributed by atoms with E-state index in [4.69, 9.17) is 30.0 Å². The normalized spacial score (nSPS) is 11.7. The Balaban J connectivity index is 1.33. The highest BCUT2D eigenvalue weighted by molar-refractivity contribution is 5.92. The number of aromatic nitrogens is 5. The van der Waals surface area contributed by atoms with E-state index in [-0.39, 0.29) is 49.4 Å². The number of fused-ring (bicyclic) bond motifs is 1. The molecule has 54 heavy (non-hydrogen) atoms. The maximum atomic E-state index is 15.1. The van der Waals surface area contributed by atoms with E-state index in [2.05, 4.69) is 20.6 Å². The molecule has 1 unspecified atom stereocenters. The largest absolute Gasteiger partial charge is 0.494 e. The molecule has 4 N–H and O–H groups in total. The van der Waals surface area contributed by atoms with Gasteiger partial charge < -0.3 is 30.6 Å². The Morgan fingerprint density at radius 2 is 1.74 bits per heavy atom. The second kappa shape index (κ2) is 18.9. The molecule has 0 fully saturated rings. The predicted octanol–water partition coefficient (Wildman–Crippen LogP) is 6.31. The van der Waals surface area contributed by atoms with Crippen LogP contribution in [0.3, 0.4) is 0 Å². The molecule has 0 bridgehead atoms. The van der Waals surface area contributed by atoms with Crippen LogP contribution in [0.1, 0.15) is 62.8 Å². The number of esters is 1. The van der Waals surface area contributed by atoms with Gasteiger partial charge >= 0.3 is 5.97 Å². The van der Waals surface area contributed by atoms with Gasteiger partial charge in [-0.25, -0.2) is 23.5 Å². The van der Waals surface area contributed by atoms with Crippen molar-refractivity contribution in [3.05, 3.63) is 83.3 Å². The zero-order valence-corrected chi connectivity index (χ0v) is 31.0. The van der Waals surface area contributed by atoms with E-state index < -0.39 is 23.6 Å². The number of nitrogens with one attached hydrogen (secondary N) is 2. The van der Waals surface area contributed by atoms with Gasteiger partial charge in [0, 0.05) is 53.5 Å². The lowest BCUT2D eigenvalue weighted by Gasteiger charge is -2.15. The van der Waals surface area contributed by atoms with Crippen LogP contribution in [0.4, 0.5) is 20.3 Å². The first-order chi connectivity index (χ1) is 26.1. The van der Waals surface area contributed by atoms with Gasteiger partial charge in [0.25, 0.3) is 0 Å². The molecule has 0 aliphatic carbocycles. The number of para-hydroxylation sites is 1. The number of aryl methyl sites for hydroxylation is 2. The number of carbonyl (C=O) groups excluding carboxylic acids is 2. The predicted molar refractivity (Wildman–Crippen MR) is 201 cm³/mol. The van der Waals surface area contributed by atoms with Gasteiger partial charge in [0.15, 0.2) is 17.4 Å². The summed E-state index contributed by atoms with van der Waals surface area (Å²) in [4.78, 5) is 38.3. The highest BCUT2D eigenvalue weighted by Crippen LogP contribution is 2.33. The lowest BCUT2D eigenvalue weighted by atomic mass is 10.1. The van der Waals surface area contributed by atoms with Crippen molar-refractivity contribution >= 4 is 34.3 Å². The van der Waals surface area contributed by atoms with E-state index in [1.165, 1.54) is 10.9 Å². The average Bonchev–Trinajstić information content (AvgIpc) is 3.51. The fourth-order valence-electron chi connectivity index (χ4n) is 5.63. The minimum Gasteiger partial charge on any atom is -0.494 e. The third kappa shape index (κ3) is 10.2. The molecule has 5 rings (SSSR count).